The number of hydrogen-bond donors (Lipinski definition) is 0. The third-order valence-electron chi connectivity index (χ3n) is 4.72. The molecular weight excluding hydrogens is 428 g/mol. The van der Waals surface area contributed by atoms with Gasteiger partial charge in [0.25, 0.3) is 0 Å². The Morgan fingerprint density at radius 3 is 2.23 bits per heavy atom. The zero-order valence-corrected chi connectivity index (χ0v) is 18.8. The zero-order valence-electron chi connectivity index (χ0n) is 17.2. The minimum Gasteiger partial charge on any atom is -0.249 e. The van der Waals surface area contributed by atoms with Crippen LogP contribution >= 0.6 is 11.8 Å². The summed E-state index contributed by atoms with van der Waals surface area (Å²) in [5, 5.41) is 5.58. The third-order valence-corrected chi connectivity index (χ3v) is 7.51. The molecule has 0 radical (unpaired) electrons. The Morgan fingerprint density at radius 2 is 1.61 bits per heavy atom. The smallest absolute Gasteiger partial charge is 0.244 e. The number of para-hydroxylation sites is 1. The summed E-state index contributed by atoms with van der Waals surface area (Å²) < 4.78 is 27.5. The van der Waals surface area contributed by atoms with Gasteiger partial charge in [-0.25, -0.2) is 22.4 Å². The maximum atomic E-state index is 12.2. The summed E-state index contributed by atoms with van der Waals surface area (Å²) in [6.07, 6.45) is 3.44. The first kappa shape index (κ1) is 21.3. The number of aromatic nitrogens is 3. The molecule has 158 valence electrons. The molecule has 0 spiro atoms. The molecule has 0 unspecified atom stereocenters. The fraction of sp³-hybridized carbons (Fsp3) is 0.130. The number of hydrogen-bond acceptors (Lipinski definition) is 5. The lowest BCUT2D eigenvalue weighted by Crippen LogP contribution is -2.22. The molecule has 0 N–H and O–H groups in total. The van der Waals surface area contributed by atoms with Crippen molar-refractivity contribution in [1.29, 1.82) is 0 Å². The second-order valence-corrected chi connectivity index (χ2v) is 10.2. The molecule has 8 heteroatoms. The maximum Gasteiger partial charge on any atom is 0.244 e. The van der Waals surface area contributed by atoms with Gasteiger partial charge >= 0.3 is 0 Å². The van der Waals surface area contributed by atoms with Crippen molar-refractivity contribution in [2.45, 2.75) is 15.7 Å². The molecule has 0 aliphatic rings. The van der Waals surface area contributed by atoms with Crippen LogP contribution < -0.4 is 0 Å². The van der Waals surface area contributed by atoms with Crippen LogP contribution in [0.2, 0.25) is 0 Å². The number of benzene rings is 2. The number of nitrogens with zero attached hydrogens (tertiary/aromatic N) is 4. The molecule has 0 bridgehead atoms. The molecule has 0 saturated carbocycles. The summed E-state index contributed by atoms with van der Waals surface area (Å²) in [7, 11) is -0.468. The topological polar surface area (TPSA) is 68.1 Å². The molecule has 0 aliphatic heterocycles. The standard InChI is InChI=1S/C23H22N4O2S2/c1-26(2)31(28,29)21-13-14-22(24-15-21)30-17-19-16-27(20-11-7-4-8-12-20)25-23(19)18-9-5-3-6-10-18/h3-16H,17H2,1-2H3. The maximum absolute atomic E-state index is 12.2. The van der Waals surface area contributed by atoms with E-state index in [1.54, 1.807) is 23.9 Å². The van der Waals surface area contributed by atoms with Crippen molar-refractivity contribution in [3.05, 3.63) is 90.8 Å². The van der Waals surface area contributed by atoms with E-state index in [2.05, 4.69) is 4.98 Å². The fourth-order valence-corrected chi connectivity index (χ4v) is 4.69. The van der Waals surface area contributed by atoms with Crippen LogP contribution in [0.15, 0.2) is 95.1 Å². The van der Waals surface area contributed by atoms with Crippen molar-refractivity contribution in [1.82, 2.24) is 19.1 Å². The van der Waals surface area contributed by atoms with Crippen LogP contribution in [0.25, 0.3) is 16.9 Å². The monoisotopic (exact) mass is 450 g/mol. The first-order valence-corrected chi connectivity index (χ1v) is 12.1. The molecule has 4 rings (SSSR count). The fourth-order valence-electron chi connectivity index (χ4n) is 3.03. The normalized spacial score (nSPS) is 11.7. The molecule has 2 aromatic carbocycles. The molecule has 0 amide bonds. The summed E-state index contributed by atoms with van der Waals surface area (Å²) in [5.41, 5.74) is 4.04. The molecule has 0 atom stereocenters. The summed E-state index contributed by atoms with van der Waals surface area (Å²) >= 11 is 1.55. The van der Waals surface area contributed by atoms with Gasteiger partial charge in [-0.1, -0.05) is 48.5 Å². The summed E-state index contributed by atoms with van der Waals surface area (Å²) in [4.78, 5) is 4.52. The molecule has 0 aliphatic carbocycles. The van der Waals surface area contributed by atoms with Crippen LogP contribution in [0.1, 0.15) is 5.56 Å². The van der Waals surface area contributed by atoms with Gasteiger partial charge in [0.1, 0.15) is 4.90 Å². The van der Waals surface area contributed by atoms with E-state index >= 15 is 0 Å². The van der Waals surface area contributed by atoms with Gasteiger partial charge in [-0.3, -0.25) is 0 Å². The zero-order chi connectivity index (χ0) is 21.8. The highest BCUT2D eigenvalue weighted by atomic mass is 32.2. The van der Waals surface area contributed by atoms with Crippen LogP contribution in [-0.4, -0.2) is 41.6 Å². The average molecular weight is 451 g/mol. The molecule has 4 aromatic rings. The van der Waals surface area contributed by atoms with Gasteiger partial charge in [0.05, 0.1) is 16.4 Å². The highest BCUT2D eigenvalue weighted by Gasteiger charge is 2.18. The van der Waals surface area contributed by atoms with E-state index in [-0.39, 0.29) is 4.90 Å². The minimum absolute atomic E-state index is 0.184. The lowest BCUT2D eigenvalue weighted by molar-refractivity contribution is 0.520. The quantitative estimate of drug-likeness (QED) is 0.389. The summed E-state index contributed by atoms with van der Waals surface area (Å²) in [5.74, 6) is 0.657. The lowest BCUT2D eigenvalue weighted by atomic mass is 10.1. The van der Waals surface area contributed by atoms with Crippen LogP contribution in [-0.2, 0) is 15.8 Å². The van der Waals surface area contributed by atoms with Gasteiger partial charge < -0.3 is 0 Å². The Bertz CT molecular complexity index is 1250. The van der Waals surface area contributed by atoms with E-state index in [4.69, 9.17) is 5.10 Å². The van der Waals surface area contributed by atoms with Gasteiger partial charge in [-0.05, 0) is 24.3 Å². The minimum atomic E-state index is -3.48. The van der Waals surface area contributed by atoms with E-state index < -0.39 is 10.0 Å². The van der Waals surface area contributed by atoms with Crippen molar-refractivity contribution in [3.63, 3.8) is 0 Å². The molecular formula is C23H22N4O2S2. The molecule has 0 saturated heterocycles. The van der Waals surface area contributed by atoms with Crippen molar-refractivity contribution in [2.75, 3.05) is 14.1 Å². The van der Waals surface area contributed by atoms with Gasteiger partial charge in [0.2, 0.25) is 10.0 Å². The van der Waals surface area contributed by atoms with Gasteiger partial charge in [0, 0.05) is 43.4 Å². The second kappa shape index (κ2) is 9.05. The average Bonchev–Trinajstić information content (AvgIpc) is 3.23. The first-order valence-electron chi connectivity index (χ1n) is 9.66. The predicted octanol–water partition coefficient (Wildman–Crippen LogP) is 4.48. The van der Waals surface area contributed by atoms with E-state index in [9.17, 15) is 8.42 Å². The Hall–Kier alpha value is -2.94. The molecule has 6 nitrogen and oxygen atoms in total. The van der Waals surface area contributed by atoms with E-state index in [0.717, 1.165) is 27.5 Å². The Labute approximate surface area is 186 Å². The molecule has 2 heterocycles. The number of rotatable bonds is 7. The first-order chi connectivity index (χ1) is 14.9. The molecule has 2 aromatic heterocycles. The van der Waals surface area contributed by atoms with Crippen LogP contribution in [0.3, 0.4) is 0 Å². The Kier molecular flexibility index (Phi) is 6.22. The Balaban J connectivity index is 1.60. The van der Waals surface area contributed by atoms with Crippen molar-refractivity contribution >= 4 is 21.8 Å². The van der Waals surface area contributed by atoms with Crippen molar-refractivity contribution in [3.8, 4) is 16.9 Å². The number of thioether (sulfide) groups is 1. The van der Waals surface area contributed by atoms with Crippen LogP contribution in [0, 0.1) is 0 Å². The summed E-state index contributed by atoms with van der Waals surface area (Å²) in [6, 6.07) is 23.4. The van der Waals surface area contributed by atoms with Gasteiger partial charge in [0.15, 0.2) is 0 Å². The number of sulfonamides is 1. The van der Waals surface area contributed by atoms with Crippen molar-refractivity contribution < 1.29 is 8.42 Å². The SMILES string of the molecule is CN(C)S(=O)(=O)c1ccc(SCc2cn(-c3ccccc3)nc2-c2ccccc2)nc1. The van der Waals surface area contributed by atoms with E-state index in [1.165, 1.54) is 24.6 Å². The van der Waals surface area contributed by atoms with Crippen LogP contribution in [0.4, 0.5) is 0 Å². The third kappa shape index (κ3) is 4.71. The second-order valence-electron chi connectivity index (χ2n) is 7.06. The number of pyridine rings is 1. The predicted molar refractivity (Wildman–Crippen MR) is 124 cm³/mol. The van der Waals surface area contributed by atoms with E-state index in [1.807, 2.05) is 71.5 Å². The largest absolute Gasteiger partial charge is 0.249 e. The highest BCUT2D eigenvalue weighted by molar-refractivity contribution is 7.98. The molecule has 31 heavy (non-hydrogen) atoms. The van der Waals surface area contributed by atoms with E-state index in [0.29, 0.717) is 5.75 Å². The van der Waals surface area contributed by atoms with Gasteiger partial charge in [-0.15, -0.1) is 11.8 Å². The lowest BCUT2D eigenvalue weighted by Gasteiger charge is -2.11. The summed E-state index contributed by atoms with van der Waals surface area (Å²) in [6.45, 7) is 0. The Morgan fingerprint density at radius 1 is 0.935 bits per heavy atom. The van der Waals surface area contributed by atoms with Crippen molar-refractivity contribution in [2.24, 2.45) is 0 Å². The molecule has 0 fully saturated rings. The van der Waals surface area contributed by atoms with Crippen LogP contribution in [0.5, 0.6) is 0 Å². The van der Waals surface area contributed by atoms with Gasteiger partial charge in [-0.2, -0.15) is 5.10 Å². The highest BCUT2D eigenvalue weighted by Crippen LogP contribution is 2.29.